The smallest absolute Gasteiger partial charge is 0.257 e. The maximum absolute atomic E-state index is 11.9. The van der Waals surface area contributed by atoms with Gasteiger partial charge < -0.3 is 0 Å². The van der Waals surface area contributed by atoms with Crippen molar-refractivity contribution >= 4 is 43.1 Å². The van der Waals surface area contributed by atoms with Gasteiger partial charge in [0.05, 0.1) is 17.3 Å². The van der Waals surface area contributed by atoms with Crippen LogP contribution in [0.5, 0.6) is 0 Å². The molecule has 0 unspecified atom stereocenters. The molecule has 0 aliphatic heterocycles. The number of thiazole rings is 1. The third-order valence-electron chi connectivity index (χ3n) is 1.80. The predicted octanol–water partition coefficient (Wildman–Crippen LogP) is 1.30. The van der Waals surface area contributed by atoms with Crippen molar-refractivity contribution in [2.24, 2.45) is 0 Å². The Labute approximate surface area is 115 Å². The van der Waals surface area contributed by atoms with E-state index in [2.05, 4.69) is 19.7 Å². The van der Waals surface area contributed by atoms with Gasteiger partial charge in [-0.15, -0.1) is 0 Å². The molecule has 9 nitrogen and oxygen atoms in total. The zero-order chi connectivity index (χ0) is 14.0. The molecule has 0 aliphatic rings. The van der Waals surface area contributed by atoms with Crippen LogP contribution in [0.15, 0.2) is 23.5 Å². The van der Waals surface area contributed by atoms with E-state index in [1.807, 2.05) is 0 Å². The van der Waals surface area contributed by atoms with Crippen LogP contribution in [0.1, 0.15) is 0 Å². The first-order valence-electron chi connectivity index (χ1n) is 4.49. The molecule has 0 aliphatic carbocycles. The van der Waals surface area contributed by atoms with Crippen molar-refractivity contribution in [2.75, 3.05) is 4.72 Å². The van der Waals surface area contributed by atoms with Crippen molar-refractivity contribution in [3.8, 4) is 0 Å². The third kappa shape index (κ3) is 3.13. The van der Waals surface area contributed by atoms with E-state index in [0.29, 0.717) is 11.3 Å². The topological polar surface area (TPSA) is 128 Å². The van der Waals surface area contributed by atoms with Crippen molar-refractivity contribution in [3.05, 3.63) is 34.0 Å². The largest absolute Gasteiger partial charge is 0.345 e. The van der Waals surface area contributed by atoms with Gasteiger partial charge in [0.1, 0.15) is 11.1 Å². The second-order valence-electron chi connectivity index (χ2n) is 3.05. The molecule has 100 valence electrons. The number of nitrogens with zero attached hydrogens (tertiary/aromatic N) is 4. The van der Waals surface area contributed by atoms with Crippen molar-refractivity contribution in [2.45, 2.75) is 4.90 Å². The molecule has 12 heteroatoms. The van der Waals surface area contributed by atoms with E-state index in [-0.39, 0.29) is 20.3 Å². The maximum Gasteiger partial charge on any atom is 0.345 e. The lowest BCUT2D eigenvalue weighted by Gasteiger charge is -2.03. The average Bonchev–Trinajstić information content (AvgIpc) is 2.77. The van der Waals surface area contributed by atoms with E-state index in [1.54, 1.807) is 0 Å². The molecule has 2 aromatic heterocycles. The first kappa shape index (κ1) is 13.6. The average molecular weight is 322 g/mol. The number of aromatic nitrogens is 3. The molecular weight excluding hydrogens is 318 g/mol. The zero-order valence-corrected chi connectivity index (χ0v) is 11.2. The molecule has 0 bridgehead atoms. The van der Waals surface area contributed by atoms with E-state index >= 15 is 0 Å². The number of halogens is 1. The number of anilines is 1. The van der Waals surface area contributed by atoms with Gasteiger partial charge >= 0.3 is 5.00 Å². The Kier molecular flexibility index (Phi) is 3.59. The Morgan fingerprint density at radius 3 is 2.42 bits per heavy atom. The summed E-state index contributed by atoms with van der Waals surface area (Å²) in [4.78, 5) is 20.2. The Hall–Kier alpha value is -1.85. The number of sulfonamides is 1. The van der Waals surface area contributed by atoms with Gasteiger partial charge in [0.25, 0.3) is 10.0 Å². The van der Waals surface area contributed by atoms with Crippen LogP contribution in [0.2, 0.25) is 5.28 Å². The van der Waals surface area contributed by atoms with Crippen LogP contribution in [-0.4, -0.2) is 28.3 Å². The van der Waals surface area contributed by atoms with Gasteiger partial charge in [-0.1, -0.05) is 0 Å². The van der Waals surface area contributed by atoms with Crippen LogP contribution in [0.25, 0.3) is 0 Å². The Bertz CT molecular complexity index is 713. The highest BCUT2D eigenvalue weighted by Crippen LogP contribution is 2.26. The summed E-state index contributed by atoms with van der Waals surface area (Å²) in [6.07, 6.45) is 2.99. The molecule has 2 rings (SSSR count). The highest BCUT2D eigenvalue weighted by atomic mass is 35.5. The zero-order valence-electron chi connectivity index (χ0n) is 8.85. The SMILES string of the molecule is O=[N+]([O-])c1cnc(NS(=O)(=O)c2cnc(Cl)nc2)s1. The van der Waals surface area contributed by atoms with Crippen LogP contribution in [-0.2, 0) is 10.0 Å². The number of hydrogen-bond donors (Lipinski definition) is 1. The Morgan fingerprint density at radius 2 is 1.89 bits per heavy atom. The molecular formula is C7H4ClN5O4S2. The monoisotopic (exact) mass is 321 g/mol. The van der Waals surface area contributed by atoms with Crippen molar-refractivity contribution in [1.82, 2.24) is 15.0 Å². The number of hydrogen-bond acceptors (Lipinski definition) is 8. The first-order chi connectivity index (χ1) is 8.88. The lowest BCUT2D eigenvalue weighted by atomic mass is 10.7. The molecule has 0 fully saturated rings. The molecule has 0 saturated carbocycles. The van der Waals surface area contributed by atoms with Gasteiger partial charge in [-0.3, -0.25) is 14.8 Å². The minimum Gasteiger partial charge on any atom is -0.257 e. The van der Waals surface area contributed by atoms with E-state index in [4.69, 9.17) is 11.6 Å². The van der Waals surface area contributed by atoms with Crippen molar-refractivity contribution in [1.29, 1.82) is 0 Å². The van der Waals surface area contributed by atoms with Gasteiger partial charge in [-0.25, -0.2) is 23.4 Å². The van der Waals surface area contributed by atoms with Crippen LogP contribution >= 0.6 is 22.9 Å². The quantitative estimate of drug-likeness (QED) is 0.510. The van der Waals surface area contributed by atoms with Crippen LogP contribution in [0.3, 0.4) is 0 Å². The first-order valence-corrected chi connectivity index (χ1v) is 7.17. The fourth-order valence-electron chi connectivity index (χ4n) is 1.01. The highest BCUT2D eigenvalue weighted by Gasteiger charge is 2.19. The highest BCUT2D eigenvalue weighted by molar-refractivity contribution is 7.93. The fourth-order valence-corrected chi connectivity index (χ4v) is 2.87. The van der Waals surface area contributed by atoms with Gasteiger partial charge in [-0.05, 0) is 22.9 Å². The molecule has 0 saturated heterocycles. The summed E-state index contributed by atoms with van der Waals surface area (Å²) < 4.78 is 25.8. The van der Waals surface area contributed by atoms with Gasteiger partial charge in [0, 0.05) is 0 Å². The summed E-state index contributed by atoms with van der Waals surface area (Å²) in [6.45, 7) is 0. The summed E-state index contributed by atoms with van der Waals surface area (Å²) in [5.74, 6) is 0. The fraction of sp³-hybridized carbons (Fsp3) is 0. The minimum atomic E-state index is -3.95. The number of rotatable bonds is 4. The predicted molar refractivity (Wildman–Crippen MR) is 66.6 cm³/mol. The van der Waals surface area contributed by atoms with Crippen LogP contribution in [0, 0.1) is 10.1 Å². The summed E-state index contributed by atoms with van der Waals surface area (Å²) >= 11 is 6.04. The molecule has 0 atom stereocenters. The second-order valence-corrected chi connectivity index (χ2v) is 6.08. The van der Waals surface area contributed by atoms with Gasteiger partial charge in [0.15, 0.2) is 0 Å². The number of nitro groups is 1. The van der Waals surface area contributed by atoms with Crippen molar-refractivity contribution in [3.63, 3.8) is 0 Å². The summed E-state index contributed by atoms with van der Waals surface area (Å²) in [5.41, 5.74) is 0. The van der Waals surface area contributed by atoms with Gasteiger partial charge in [-0.2, -0.15) is 0 Å². The van der Waals surface area contributed by atoms with Crippen molar-refractivity contribution < 1.29 is 13.3 Å². The molecule has 2 heterocycles. The Morgan fingerprint density at radius 1 is 1.26 bits per heavy atom. The molecule has 2 aromatic rings. The summed E-state index contributed by atoms with van der Waals surface area (Å²) in [5, 5.41) is 9.96. The standard InChI is InChI=1S/C7H4ClN5O4S2/c8-6-9-1-4(2-10-6)19(16,17)12-7-11-3-5(18-7)13(14)15/h1-3H,(H,11,12). The van der Waals surface area contributed by atoms with Gasteiger partial charge in [0.2, 0.25) is 10.4 Å². The second kappa shape index (κ2) is 5.03. The van der Waals surface area contributed by atoms with E-state index in [0.717, 1.165) is 18.6 Å². The minimum absolute atomic E-state index is 0.0937. The summed E-state index contributed by atoms with van der Waals surface area (Å²) in [6, 6.07) is 0. The van der Waals surface area contributed by atoms with E-state index < -0.39 is 14.9 Å². The molecule has 1 N–H and O–H groups in total. The number of nitrogens with one attached hydrogen (secondary N) is 1. The normalized spacial score (nSPS) is 11.2. The molecule has 19 heavy (non-hydrogen) atoms. The maximum atomic E-state index is 11.9. The van der Waals surface area contributed by atoms with Crippen LogP contribution in [0.4, 0.5) is 10.1 Å². The lowest BCUT2D eigenvalue weighted by Crippen LogP contribution is -2.13. The third-order valence-corrected chi connectivity index (χ3v) is 4.28. The molecule has 0 aromatic carbocycles. The molecule has 0 amide bonds. The van der Waals surface area contributed by atoms with E-state index in [1.165, 1.54) is 0 Å². The van der Waals surface area contributed by atoms with E-state index in [9.17, 15) is 18.5 Å². The molecule has 0 radical (unpaired) electrons. The summed E-state index contributed by atoms with van der Waals surface area (Å²) in [7, 11) is -3.95. The molecule has 0 spiro atoms. The Balaban J connectivity index is 2.25. The van der Waals surface area contributed by atoms with Crippen LogP contribution < -0.4 is 4.72 Å². The lowest BCUT2D eigenvalue weighted by molar-refractivity contribution is -0.380.